The van der Waals surface area contributed by atoms with E-state index in [1.165, 1.54) is 18.2 Å². The third-order valence-electron chi connectivity index (χ3n) is 5.97. The van der Waals surface area contributed by atoms with Crippen LogP contribution < -0.4 is 19.9 Å². The van der Waals surface area contributed by atoms with Crippen molar-refractivity contribution in [3.05, 3.63) is 136 Å². The standard InChI is InChI=1S/C30H20ClFN2O4/c31-21-5-1-4-20(13-21)30(35)37-24-11-12-25-27(15-24)38-29(34)26(16-33)28(25)19-3-2-6-23(14-19)36-17-18-7-9-22(32)10-8-18/h1-15,28H,17,34H2. The molecule has 0 bridgehead atoms. The summed E-state index contributed by atoms with van der Waals surface area (Å²) in [6.07, 6.45) is 0. The van der Waals surface area contributed by atoms with Gasteiger partial charge in [0.1, 0.15) is 41.3 Å². The number of nitriles is 1. The van der Waals surface area contributed by atoms with E-state index in [0.29, 0.717) is 27.6 Å². The van der Waals surface area contributed by atoms with E-state index in [1.54, 1.807) is 54.6 Å². The van der Waals surface area contributed by atoms with Crippen molar-refractivity contribution in [2.24, 2.45) is 5.73 Å². The second kappa shape index (κ2) is 10.7. The zero-order chi connectivity index (χ0) is 26.6. The van der Waals surface area contributed by atoms with Crippen LogP contribution >= 0.6 is 11.6 Å². The number of allylic oxidation sites excluding steroid dienone is 1. The molecule has 1 atom stereocenters. The quantitative estimate of drug-likeness (QED) is 0.228. The highest BCUT2D eigenvalue weighted by atomic mass is 35.5. The largest absolute Gasteiger partial charge is 0.489 e. The van der Waals surface area contributed by atoms with Gasteiger partial charge in [-0.05, 0) is 59.7 Å². The zero-order valence-corrected chi connectivity index (χ0v) is 20.6. The first-order valence-corrected chi connectivity index (χ1v) is 12.0. The van der Waals surface area contributed by atoms with Gasteiger partial charge in [-0.2, -0.15) is 5.26 Å². The normalized spacial score (nSPS) is 14.2. The van der Waals surface area contributed by atoms with E-state index in [4.69, 9.17) is 31.5 Å². The second-order valence-corrected chi connectivity index (χ2v) is 8.95. The fourth-order valence-corrected chi connectivity index (χ4v) is 4.35. The first kappa shape index (κ1) is 24.9. The Balaban J connectivity index is 1.42. The Morgan fingerprint density at radius 2 is 1.79 bits per heavy atom. The van der Waals surface area contributed by atoms with Crippen LogP contribution in [0.1, 0.15) is 33.0 Å². The van der Waals surface area contributed by atoms with Gasteiger partial charge in [0.2, 0.25) is 5.88 Å². The number of halogens is 2. The van der Waals surface area contributed by atoms with Crippen molar-refractivity contribution >= 4 is 17.6 Å². The van der Waals surface area contributed by atoms with Crippen molar-refractivity contribution in [1.29, 1.82) is 5.26 Å². The molecule has 6 nitrogen and oxygen atoms in total. The van der Waals surface area contributed by atoms with E-state index >= 15 is 0 Å². The first-order chi connectivity index (χ1) is 18.4. The Bertz CT molecular complexity index is 1590. The molecule has 4 aromatic carbocycles. The molecule has 0 aliphatic carbocycles. The molecule has 0 saturated carbocycles. The van der Waals surface area contributed by atoms with Crippen LogP contribution in [-0.2, 0) is 6.61 Å². The second-order valence-electron chi connectivity index (χ2n) is 8.51. The summed E-state index contributed by atoms with van der Waals surface area (Å²) in [5.41, 5.74) is 8.93. The Hall–Kier alpha value is -4.80. The fourth-order valence-electron chi connectivity index (χ4n) is 4.15. The summed E-state index contributed by atoms with van der Waals surface area (Å²) in [5, 5.41) is 10.3. The van der Waals surface area contributed by atoms with Gasteiger partial charge in [0.15, 0.2) is 0 Å². The first-order valence-electron chi connectivity index (χ1n) is 11.6. The van der Waals surface area contributed by atoms with E-state index in [0.717, 1.165) is 11.1 Å². The van der Waals surface area contributed by atoms with Gasteiger partial charge >= 0.3 is 5.97 Å². The highest BCUT2D eigenvalue weighted by molar-refractivity contribution is 6.30. The van der Waals surface area contributed by atoms with Crippen LogP contribution in [0.15, 0.2) is 102 Å². The average Bonchev–Trinajstić information content (AvgIpc) is 2.92. The fraction of sp³-hybridized carbons (Fsp3) is 0.0667. The summed E-state index contributed by atoms with van der Waals surface area (Å²) in [4.78, 5) is 12.6. The Morgan fingerprint density at radius 1 is 1.00 bits per heavy atom. The summed E-state index contributed by atoms with van der Waals surface area (Å²) < 4.78 is 30.3. The molecule has 0 aromatic heterocycles. The minimum Gasteiger partial charge on any atom is -0.489 e. The van der Waals surface area contributed by atoms with E-state index in [-0.39, 0.29) is 29.6 Å². The van der Waals surface area contributed by atoms with Crippen molar-refractivity contribution in [3.63, 3.8) is 0 Å². The SMILES string of the molecule is N#CC1=C(N)Oc2cc(OC(=O)c3cccc(Cl)c3)ccc2C1c1cccc(OCc2ccc(F)cc2)c1. The Labute approximate surface area is 223 Å². The molecule has 1 aliphatic rings. The van der Waals surface area contributed by atoms with Gasteiger partial charge in [0.05, 0.1) is 11.5 Å². The van der Waals surface area contributed by atoms with Crippen molar-refractivity contribution < 1.29 is 23.4 Å². The minimum absolute atomic E-state index is 0.0408. The minimum atomic E-state index is -0.577. The van der Waals surface area contributed by atoms with Crippen molar-refractivity contribution in [1.82, 2.24) is 0 Å². The average molecular weight is 527 g/mol. The third kappa shape index (κ3) is 5.31. The van der Waals surface area contributed by atoms with Crippen LogP contribution in [0.25, 0.3) is 0 Å². The number of ether oxygens (including phenoxy) is 3. The molecule has 0 fully saturated rings. The Kier molecular flexibility index (Phi) is 6.98. The third-order valence-corrected chi connectivity index (χ3v) is 6.21. The molecule has 0 radical (unpaired) electrons. The number of hydrogen-bond acceptors (Lipinski definition) is 6. The lowest BCUT2D eigenvalue weighted by Crippen LogP contribution is -2.21. The molecule has 188 valence electrons. The molecule has 8 heteroatoms. The number of carbonyl (C=O) groups is 1. The lowest BCUT2D eigenvalue weighted by Gasteiger charge is -2.27. The monoisotopic (exact) mass is 526 g/mol. The van der Waals surface area contributed by atoms with E-state index in [9.17, 15) is 14.4 Å². The Morgan fingerprint density at radius 3 is 2.55 bits per heavy atom. The molecule has 5 rings (SSSR count). The molecule has 0 amide bonds. The van der Waals surface area contributed by atoms with Gasteiger partial charge in [-0.3, -0.25) is 0 Å². The molecule has 38 heavy (non-hydrogen) atoms. The summed E-state index contributed by atoms with van der Waals surface area (Å²) in [6, 6.07) is 26.9. The maximum Gasteiger partial charge on any atom is 0.343 e. The van der Waals surface area contributed by atoms with Crippen LogP contribution in [0.2, 0.25) is 5.02 Å². The van der Waals surface area contributed by atoms with Gasteiger partial charge in [-0.15, -0.1) is 0 Å². The number of nitrogens with two attached hydrogens (primary N) is 1. The van der Waals surface area contributed by atoms with Crippen LogP contribution in [0.4, 0.5) is 4.39 Å². The number of carbonyl (C=O) groups excluding carboxylic acids is 1. The van der Waals surface area contributed by atoms with Crippen molar-refractivity contribution in [3.8, 4) is 23.3 Å². The highest BCUT2D eigenvalue weighted by Gasteiger charge is 2.31. The number of benzene rings is 4. The predicted octanol–water partition coefficient (Wildman–Crippen LogP) is 6.50. The number of esters is 1. The van der Waals surface area contributed by atoms with Crippen LogP contribution in [0, 0.1) is 17.1 Å². The van der Waals surface area contributed by atoms with Crippen molar-refractivity contribution in [2.75, 3.05) is 0 Å². The van der Waals surface area contributed by atoms with E-state index in [1.807, 2.05) is 18.2 Å². The number of hydrogen-bond donors (Lipinski definition) is 1. The smallest absolute Gasteiger partial charge is 0.343 e. The molecular weight excluding hydrogens is 507 g/mol. The molecule has 1 aliphatic heterocycles. The van der Waals surface area contributed by atoms with E-state index in [2.05, 4.69) is 6.07 Å². The predicted molar refractivity (Wildman–Crippen MR) is 139 cm³/mol. The molecule has 1 heterocycles. The summed E-state index contributed by atoms with van der Waals surface area (Å²) in [6.45, 7) is 0.249. The van der Waals surface area contributed by atoms with Gasteiger partial charge < -0.3 is 19.9 Å². The highest BCUT2D eigenvalue weighted by Crippen LogP contribution is 2.44. The van der Waals surface area contributed by atoms with Crippen LogP contribution in [0.3, 0.4) is 0 Å². The summed E-state index contributed by atoms with van der Waals surface area (Å²) in [7, 11) is 0. The molecule has 0 spiro atoms. The zero-order valence-electron chi connectivity index (χ0n) is 19.9. The van der Waals surface area contributed by atoms with E-state index < -0.39 is 11.9 Å². The molecule has 1 unspecified atom stereocenters. The number of nitrogens with zero attached hydrogens (tertiary/aromatic N) is 1. The lowest BCUT2D eigenvalue weighted by atomic mass is 9.83. The summed E-state index contributed by atoms with van der Waals surface area (Å²) in [5.74, 6) is -0.283. The number of rotatable bonds is 6. The topological polar surface area (TPSA) is 94.6 Å². The van der Waals surface area contributed by atoms with Crippen molar-refractivity contribution in [2.45, 2.75) is 12.5 Å². The molecular formula is C30H20ClFN2O4. The lowest BCUT2D eigenvalue weighted by molar-refractivity contribution is 0.0734. The maximum atomic E-state index is 13.2. The number of fused-ring (bicyclic) bond motifs is 1. The van der Waals surface area contributed by atoms with Gasteiger partial charge in [0, 0.05) is 16.7 Å². The van der Waals surface area contributed by atoms with Gasteiger partial charge in [-0.25, -0.2) is 9.18 Å². The summed E-state index contributed by atoms with van der Waals surface area (Å²) >= 11 is 5.98. The van der Waals surface area contributed by atoms with Gasteiger partial charge in [0.25, 0.3) is 0 Å². The molecule has 2 N–H and O–H groups in total. The van der Waals surface area contributed by atoms with Gasteiger partial charge in [-0.1, -0.05) is 48.0 Å². The molecule has 0 saturated heterocycles. The molecule has 4 aromatic rings. The maximum absolute atomic E-state index is 13.2. The van der Waals surface area contributed by atoms with Crippen LogP contribution in [0.5, 0.6) is 17.2 Å². The van der Waals surface area contributed by atoms with Crippen LogP contribution in [-0.4, -0.2) is 5.97 Å².